The van der Waals surface area contributed by atoms with Crippen LogP contribution in [-0.4, -0.2) is 25.1 Å². The predicted molar refractivity (Wildman–Crippen MR) is 196 cm³/mol. The second-order valence-corrected chi connectivity index (χ2v) is 13.2. The number of nitrogens with one attached hydrogen (secondary N) is 1. The summed E-state index contributed by atoms with van der Waals surface area (Å²) in [5.41, 5.74) is 6.08. The molecule has 1 unspecified atom stereocenters. The van der Waals surface area contributed by atoms with Crippen molar-refractivity contribution in [3.63, 3.8) is 0 Å². The smallest absolute Gasteiger partial charge is 0.340 e. The summed E-state index contributed by atoms with van der Waals surface area (Å²) < 4.78 is 13.1. The van der Waals surface area contributed by atoms with Crippen LogP contribution < -0.4 is 19.9 Å². The van der Waals surface area contributed by atoms with E-state index in [0.29, 0.717) is 56.7 Å². The van der Waals surface area contributed by atoms with Gasteiger partial charge in [-0.15, -0.1) is 0 Å². The Kier molecular flexibility index (Phi) is 8.37. The third kappa shape index (κ3) is 5.59. The van der Waals surface area contributed by atoms with Gasteiger partial charge in [-0.05, 0) is 87.2 Å². The summed E-state index contributed by atoms with van der Waals surface area (Å²) in [6, 6.07) is 34.4. The second kappa shape index (κ2) is 12.8. The first kappa shape index (κ1) is 32.0. The highest BCUT2D eigenvalue weighted by molar-refractivity contribution is 6.09. The number of para-hydroxylation sites is 1. The Hall–Kier alpha value is -5.56. The number of anilines is 4. The molecule has 7 nitrogen and oxygen atoms in total. The van der Waals surface area contributed by atoms with Crippen LogP contribution in [0.3, 0.4) is 0 Å². The van der Waals surface area contributed by atoms with Crippen LogP contribution in [0.1, 0.15) is 65.4 Å². The van der Waals surface area contributed by atoms with Crippen molar-refractivity contribution < 1.29 is 19.1 Å². The van der Waals surface area contributed by atoms with Crippen LogP contribution in [0.2, 0.25) is 0 Å². The van der Waals surface area contributed by atoms with Gasteiger partial charge in [0.05, 0.1) is 22.5 Å². The first-order valence-electron chi connectivity index (χ1n) is 17.0. The second-order valence-electron chi connectivity index (χ2n) is 13.2. The molecule has 2 heterocycles. The van der Waals surface area contributed by atoms with E-state index >= 15 is 0 Å². The van der Waals surface area contributed by atoms with Crippen LogP contribution in [0.5, 0.6) is 11.5 Å². The maximum absolute atomic E-state index is 14.8. The molecule has 5 aromatic carbocycles. The number of hydrogen-bond donors (Lipinski definition) is 1. The molecule has 49 heavy (non-hydrogen) atoms. The monoisotopic (exact) mass is 651 g/mol. The summed E-state index contributed by atoms with van der Waals surface area (Å²) in [6.07, 6.45) is 1.05. The van der Waals surface area contributed by atoms with Gasteiger partial charge in [-0.1, -0.05) is 80.1 Å². The average molecular weight is 652 g/mol. The minimum atomic E-state index is -1.35. The molecular formula is C42H41N3O4. The average Bonchev–Trinajstić information content (AvgIpc) is 3.39. The number of urea groups is 1. The van der Waals surface area contributed by atoms with E-state index in [-0.39, 0.29) is 6.03 Å². The number of amides is 2. The van der Waals surface area contributed by atoms with Gasteiger partial charge in [-0.2, -0.15) is 0 Å². The molecule has 5 aromatic rings. The van der Waals surface area contributed by atoms with Crippen LogP contribution in [0.4, 0.5) is 27.5 Å². The minimum absolute atomic E-state index is 0.352. The predicted octanol–water partition coefficient (Wildman–Crippen LogP) is 10.1. The van der Waals surface area contributed by atoms with Gasteiger partial charge in [0.25, 0.3) is 0 Å². The number of carbonyl (C=O) groups is 2. The van der Waals surface area contributed by atoms with Gasteiger partial charge >= 0.3 is 12.0 Å². The van der Waals surface area contributed by atoms with Gasteiger partial charge in [0.1, 0.15) is 11.5 Å². The minimum Gasteiger partial charge on any atom is -0.456 e. The Bertz CT molecular complexity index is 2050. The van der Waals surface area contributed by atoms with E-state index in [0.717, 1.165) is 36.3 Å². The normalized spacial score (nSPS) is 15.6. The number of benzene rings is 5. The number of hydrogen-bond acceptors (Lipinski definition) is 5. The number of ether oxygens (including phenoxy) is 2. The largest absolute Gasteiger partial charge is 0.456 e. The molecule has 0 radical (unpaired) electrons. The van der Waals surface area contributed by atoms with Crippen molar-refractivity contribution in [2.24, 2.45) is 5.92 Å². The SMILES string of the molecule is CCN(CCC(C)C)c1ccc(C)c(N(C(=O)Nc2ccc(C)cc2)c2cccc3c2C2(OC(=O)c4ccccc42)c2ccccc2O3)c1. The highest BCUT2D eigenvalue weighted by Gasteiger charge is 2.55. The quantitative estimate of drug-likeness (QED) is 0.169. The van der Waals surface area contributed by atoms with Crippen LogP contribution in [0.25, 0.3) is 0 Å². The lowest BCUT2D eigenvalue weighted by molar-refractivity contribution is 0.0226. The third-order valence-corrected chi connectivity index (χ3v) is 9.52. The maximum Gasteiger partial charge on any atom is 0.340 e. The summed E-state index contributed by atoms with van der Waals surface area (Å²) in [5.74, 6) is 1.23. The summed E-state index contributed by atoms with van der Waals surface area (Å²) >= 11 is 0. The van der Waals surface area contributed by atoms with E-state index in [1.54, 1.807) is 11.0 Å². The zero-order chi connectivity index (χ0) is 34.3. The number of aryl methyl sites for hydroxylation is 2. The van der Waals surface area contributed by atoms with E-state index in [1.165, 1.54) is 0 Å². The summed E-state index contributed by atoms with van der Waals surface area (Å²) in [7, 11) is 0. The van der Waals surface area contributed by atoms with Gasteiger partial charge in [0.15, 0.2) is 5.60 Å². The van der Waals surface area contributed by atoms with Gasteiger partial charge in [0.2, 0.25) is 0 Å². The third-order valence-electron chi connectivity index (χ3n) is 9.52. The van der Waals surface area contributed by atoms with E-state index in [2.05, 4.69) is 49.2 Å². The lowest BCUT2D eigenvalue weighted by Gasteiger charge is -2.39. The zero-order valence-corrected chi connectivity index (χ0v) is 28.6. The Morgan fingerprint density at radius 1 is 0.816 bits per heavy atom. The van der Waals surface area contributed by atoms with Crippen LogP contribution in [0, 0.1) is 19.8 Å². The lowest BCUT2D eigenvalue weighted by atomic mass is 9.76. The van der Waals surface area contributed by atoms with Gasteiger partial charge in [0, 0.05) is 35.6 Å². The molecule has 0 saturated heterocycles. The maximum atomic E-state index is 14.8. The molecule has 1 atom stereocenters. The van der Waals surface area contributed by atoms with E-state index in [1.807, 2.05) is 98.8 Å². The lowest BCUT2D eigenvalue weighted by Crippen LogP contribution is -2.38. The fraction of sp³-hybridized carbons (Fsp3) is 0.238. The highest BCUT2D eigenvalue weighted by Crippen LogP contribution is 2.59. The van der Waals surface area contributed by atoms with Crippen LogP contribution in [0.15, 0.2) is 109 Å². The number of fused-ring (bicyclic) bond motifs is 6. The Balaban J connectivity index is 1.47. The standard InChI is InChI=1S/C42H41N3O4/c1-6-44(25-24-27(2)3)31-23-20-29(5)36(26-31)45(41(47)43-30-21-18-28(4)19-22-30)35-15-11-17-38-39(35)42(34-14-9-10-16-37(34)48-38)33-13-8-7-12-32(33)40(46)49-42/h7-23,26-27H,6,24-25H2,1-5H3,(H,43,47). The number of esters is 1. The molecular weight excluding hydrogens is 610 g/mol. The zero-order valence-electron chi connectivity index (χ0n) is 28.6. The molecule has 2 amide bonds. The molecule has 7 heteroatoms. The van der Waals surface area contributed by atoms with Crippen LogP contribution >= 0.6 is 0 Å². The molecule has 0 aromatic heterocycles. The van der Waals surface area contributed by atoms with Crippen molar-refractivity contribution in [2.45, 2.75) is 46.6 Å². The molecule has 0 fully saturated rings. The van der Waals surface area contributed by atoms with Crippen molar-refractivity contribution in [2.75, 3.05) is 28.2 Å². The fourth-order valence-corrected chi connectivity index (χ4v) is 6.93. The molecule has 2 aliphatic heterocycles. The van der Waals surface area contributed by atoms with Crippen molar-refractivity contribution >= 4 is 34.7 Å². The van der Waals surface area contributed by atoms with E-state index in [9.17, 15) is 9.59 Å². The van der Waals surface area contributed by atoms with Crippen molar-refractivity contribution in [1.82, 2.24) is 0 Å². The van der Waals surface area contributed by atoms with E-state index < -0.39 is 11.6 Å². The molecule has 1 N–H and O–H groups in total. The summed E-state index contributed by atoms with van der Waals surface area (Å²) in [5, 5.41) is 3.15. The molecule has 0 aliphatic carbocycles. The van der Waals surface area contributed by atoms with E-state index in [4.69, 9.17) is 9.47 Å². The first-order chi connectivity index (χ1) is 23.7. The summed E-state index contributed by atoms with van der Waals surface area (Å²) in [6.45, 7) is 12.4. The molecule has 0 saturated carbocycles. The van der Waals surface area contributed by atoms with Crippen molar-refractivity contribution in [3.8, 4) is 11.5 Å². The number of rotatable bonds is 8. The topological polar surface area (TPSA) is 71.1 Å². The molecule has 1 spiro atoms. The number of carbonyl (C=O) groups excluding carboxylic acids is 2. The van der Waals surface area contributed by atoms with Crippen molar-refractivity contribution in [1.29, 1.82) is 0 Å². The molecule has 0 bridgehead atoms. The highest BCUT2D eigenvalue weighted by atomic mass is 16.6. The van der Waals surface area contributed by atoms with Gasteiger partial charge in [-0.25, -0.2) is 9.59 Å². The molecule has 248 valence electrons. The number of nitrogens with zero attached hydrogens (tertiary/aromatic N) is 2. The molecule has 2 aliphatic rings. The Morgan fingerprint density at radius 3 is 2.29 bits per heavy atom. The Labute approximate surface area is 288 Å². The Morgan fingerprint density at radius 2 is 1.53 bits per heavy atom. The van der Waals surface area contributed by atoms with Gasteiger partial charge in [-0.3, -0.25) is 4.90 Å². The molecule has 7 rings (SSSR count). The van der Waals surface area contributed by atoms with Crippen LogP contribution in [-0.2, 0) is 10.3 Å². The van der Waals surface area contributed by atoms with Crippen molar-refractivity contribution in [3.05, 3.63) is 143 Å². The summed E-state index contributed by atoms with van der Waals surface area (Å²) in [4.78, 5) is 32.5. The first-order valence-corrected chi connectivity index (χ1v) is 17.0. The fourth-order valence-electron chi connectivity index (χ4n) is 6.93. The van der Waals surface area contributed by atoms with Gasteiger partial charge < -0.3 is 19.7 Å².